The van der Waals surface area contributed by atoms with Gasteiger partial charge in [0.05, 0.1) is 12.0 Å². The number of aliphatic imine (C=N–C) groups is 1. The molecule has 0 radical (unpaired) electrons. The van der Waals surface area contributed by atoms with Crippen LogP contribution in [0.5, 0.6) is 0 Å². The number of anilines is 1. The van der Waals surface area contributed by atoms with Crippen LogP contribution in [0.25, 0.3) is 0 Å². The van der Waals surface area contributed by atoms with Crippen molar-refractivity contribution in [3.05, 3.63) is 30.1 Å². The molecule has 18 heavy (non-hydrogen) atoms. The summed E-state index contributed by atoms with van der Waals surface area (Å²) in [6, 6.07) is 5.96. The number of hydrogen-bond donors (Lipinski definition) is 0. The van der Waals surface area contributed by atoms with Crippen LogP contribution in [0.4, 0.5) is 10.1 Å². The standard InChI is InChI=1S/C12H11FN4O/c1-16-7-14-11-10(12(16)18)6-15-17(11)9-4-2-8(13)3-5-9/h2-7,10-11H,1H3. The summed E-state index contributed by atoms with van der Waals surface area (Å²) in [5.41, 5.74) is 0.717. The number of hydrazone groups is 1. The second-order valence-electron chi connectivity index (χ2n) is 4.24. The van der Waals surface area contributed by atoms with E-state index in [9.17, 15) is 9.18 Å². The van der Waals surface area contributed by atoms with Crippen LogP contribution in [0.15, 0.2) is 34.4 Å². The van der Waals surface area contributed by atoms with Crippen LogP contribution in [0.1, 0.15) is 0 Å². The molecule has 5 nitrogen and oxygen atoms in total. The van der Waals surface area contributed by atoms with Crippen LogP contribution < -0.4 is 5.01 Å². The van der Waals surface area contributed by atoms with E-state index in [0.29, 0.717) is 0 Å². The molecular formula is C12H11FN4O. The minimum absolute atomic E-state index is 0.0386. The van der Waals surface area contributed by atoms with Gasteiger partial charge >= 0.3 is 0 Å². The average molecular weight is 246 g/mol. The molecule has 0 fully saturated rings. The summed E-state index contributed by atoms with van der Waals surface area (Å²) in [5, 5.41) is 5.82. The molecule has 2 heterocycles. The fourth-order valence-corrected chi connectivity index (χ4v) is 2.06. The van der Waals surface area contributed by atoms with Crippen LogP contribution in [-0.4, -0.2) is 36.6 Å². The number of amides is 1. The third kappa shape index (κ3) is 1.57. The van der Waals surface area contributed by atoms with Crippen molar-refractivity contribution in [2.45, 2.75) is 6.17 Å². The first-order valence-electron chi connectivity index (χ1n) is 5.56. The molecule has 1 aromatic carbocycles. The Hall–Kier alpha value is -2.24. The number of hydrogen-bond acceptors (Lipinski definition) is 4. The second-order valence-corrected chi connectivity index (χ2v) is 4.24. The molecule has 0 N–H and O–H groups in total. The van der Waals surface area contributed by atoms with Crippen LogP contribution in [0.2, 0.25) is 0 Å². The maximum Gasteiger partial charge on any atom is 0.240 e. The first-order valence-corrected chi connectivity index (χ1v) is 5.56. The van der Waals surface area contributed by atoms with Gasteiger partial charge in [0.25, 0.3) is 0 Å². The maximum absolute atomic E-state index is 12.9. The van der Waals surface area contributed by atoms with Crippen LogP contribution >= 0.6 is 0 Å². The highest BCUT2D eigenvalue weighted by molar-refractivity contribution is 6.02. The Balaban J connectivity index is 1.93. The molecule has 2 atom stereocenters. The van der Waals surface area contributed by atoms with Crippen molar-refractivity contribution in [3.8, 4) is 0 Å². The molecule has 0 aliphatic carbocycles. The van der Waals surface area contributed by atoms with Crippen molar-refractivity contribution < 1.29 is 9.18 Å². The van der Waals surface area contributed by atoms with E-state index >= 15 is 0 Å². The smallest absolute Gasteiger partial charge is 0.240 e. The van der Waals surface area contributed by atoms with Crippen LogP contribution in [-0.2, 0) is 4.79 Å². The Morgan fingerprint density at radius 3 is 2.72 bits per heavy atom. The van der Waals surface area contributed by atoms with Gasteiger partial charge in [-0.05, 0) is 24.3 Å². The predicted molar refractivity (Wildman–Crippen MR) is 65.9 cm³/mol. The monoisotopic (exact) mass is 246 g/mol. The molecule has 0 bridgehead atoms. The minimum atomic E-state index is -0.370. The zero-order valence-electron chi connectivity index (χ0n) is 9.69. The number of carbonyl (C=O) groups is 1. The third-order valence-electron chi connectivity index (χ3n) is 3.04. The van der Waals surface area contributed by atoms with Crippen LogP contribution in [0, 0.1) is 11.7 Å². The topological polar surface area (TPSA) is 48.3 Å². The van der Waals surface area contributed by atoms with E-state index in [-0.39, 0.29) is 23.8 Å². The summed E-state index contributed by atoms with van der Waals surface area (Å²) < 4.78 is 12.9. The molecule has 1 aromatic rings. The van der Waals surface area contributed by atoms with E-state index in [1.807, 2.05) is 0 Å². The summed E-state index contributed by atoms with van der Waals surface area (Å²) in [4.78, 5) is 17.6. The third-order valence-corrected chi connectivity index (χ3v) is 3.04. The van der Waals surface area contributed by atoms with Gasteiger partial charge in [-0.2, -0.15) is 5.10 Å². The zero-order chi connectivity index (χ0) is 12.7. The summed E-state index contributed by atoms with van der Waals surface area (Å²) in [6.07, 6.45) is 2.72. The molecule has 0 spiro atoms. The van der Waals surface area contributed by atoms with E-state index in [0.717, 1.165) is 5.69 Å². The highest BCUT2D eigenvalue weighted by atomic mass is 19.1. The van der Waals surface area contributed by atoms with Gasteiger partial charge in [-0.3, -0.25) is 4.79 Å². The number of halogens is 1. The summed E-state index contributed by atoms with van der Waals surface area (Å²) in [5.74, 6) is -0.713. The summed E-state index contributed by atoms with van der Waals surface area (Å²) in [6.45, 7) is 0. The Morgan fingerprint density at radius 1 is 1.28 bits per heavy atom. The lowest BCUT2D eigenvalue weighted by Gasteiger charge is -2.29. The van der Waals surface area contributed by atoms with Crippen molar-refractivity contribution in [3.63, 3.8) is 0 Å². The molecule has 1 amide bonds. The molecule has 0 saturated heterocycles. The van der Waals surface area contributed by atoms with Crippen molar-refractivity contribution in [1.82, 2.24) is 4.90 Å². The normalized spacial score (nSPS) is 25.8. The lowest BCUT2D eigenvalue weighted by molar-refractivity contribution is -0.129. The van der Waals surface area contributed by atoms with E-state index in [2.05, 4.69) is 10.1 Å². The van der Waals surface area contributed by atoms with Crippen molar-refractivity contribution in [2.24, 2.45) is 16.0 Å². The lowest BCUT2D eigenvalue weighted by Crippen LogP contribution is -2.45. The average Bonchev–Trinajstić information content (AvgIpc) is 2.79. The molecule has 0 saturated carbocycles. The Morgan fingerprint density at radius 2 is 2.00 bits per heavy atom. The molecule has 3 rings (SSSR count). The SMILES string of the molecule is CN1C=NC2C(C=NN2c2ccc(F)cc2)C1=O. The van der Waals surface area contributed by atoms with Gasteiger partial charge < -0.3 is 4.90 Å². The van der Waals surface area contributed by atoms with Gasteiger partial charge in [-0.1, -0.05) is 0 Å². The lowest BCUT2D eigenvalue weighted by atomic mass is 10.1. The summed E-state index contributed by atoms with van der Waals surface area (Å²) in [7, 11) is 1.66. The first-order chi connectivity index (χ1) is 8.66. The van der Waals surface area contributed by atoms with E-state index in [1.54, 1.807) is 30.4 Å². The van der Waals surface area contributed by atoms with Gasteiger partial charge in [0, 0.05) is 13.3 Å². The maximum atomic E-state index is 12.9. The van der Waals surface area contributed by atoms with Crippen molar-refractivity contribution >= 4 is 24.1 Å². The second kappa shape index (κ2) is 3.90. The van der Waals surface area contributed by atoms with Gasteiger partial charge in [-0.25, -0.2) is 14.4 Å². The highest BCUT2D eigenvalue weighted by Crippen LogP contribution is 2.28. The number of rotatable bonds is 1. The fourth-order valence-electron chi connectivity index (χ4n) is 2.06. The van der Waals surface area contributed by atoms with Gasteiger partial charge in [0.2, 0.25) is 5.91 Å². The number of nitrogens with zero attached hydrogens (tertiary/aromatic N) is 4. The fraction of sp³-hybridized carbons (Fsp3) is 0.250. The quantitative estimate of drug-likeness (QED) is 0.744. The predicted octanol–water partition coefficient (Wildman–Crippen LogP) is 1.07. The Kier molecular flexibility index (Phi) is 2.36. The molecular weight excluding hydrogens is 235 g/mol. The van der Waals surface area contributed by atoms with Gasteiger partial charge in [-0.15, -0.1) is 0 Å². The Labute approximate surface area is 103 Å². The number of fused-ring (bicyclic) bond motifs is 1. The van der Waals surface area contributed by atoms with Crippen LogP contribution in [0.3, 0.4) is 0 Å². The molecule has 92 valence electrons. The van der Waals surface area contributed by atoms with Gasteiger partial charge in [0.1, 0.15) is 11.7 Å². The first kappa shape index (κ1) is 10.9. The molecule has 0 aromatic heterocycles. The highest BCUT2D eigenvalue weighted by Gasteiger charge is 2.40. The number of benzene rings is 1. The number of carbonyl (C=O) groups excluding carboxylic acids is 1. The van der Waals surface area contributed by atoms with E-state index < -0.39 is 0 Å². The van der Waals surface area contributed by atoms with Crippen molar-refractivity contribution in [1.29, 1.82) is 0 Å². The Bertz CT molecular complexity index is 540. The molecule has 2 unspecified atom stereocenters. The zero-order valence-corrected chi connectivity index (χ0v) is 9.69. The van der Waals surface area contributed by atoms with E-state index in [1.165, 1.54) is 23.4 Å². The molecule has 2 aliphatic rings. The minimum Gasteiger partial charge on any atom is -0.306 e. The molecule has 2 aliphatic heterocycles. The molecule has 6 heteroatoms. The van der Waals surface area contributed by atoms with Gasteiger partial charge in [0.15, 0.2) is 6.17 Å². The summed E-state index contributed by atoms with van der Waals surface area (Å²) >= 11 is 0. The van der Waals surface area contributed by atoms with E-state index in [4.69, 9.17) is 0 Å². The van der Waals surface area contributed by atoms with Crippen molar-refractivity contribution in [2.75, 3.05) is 12.1 Å². The largest absolute Gasteiger partial charge is 0.306 e.